The molecule has 0 bridgehead atoms. The molecule has 0 aliphatic heterocycles. The zero-order chi connectivity index (χ0) is 14.5. The highest BCUT2D eigenvalue weighted by Gasteiger charge is 2.06. The molecule has 0 aliphatic carbocycles. The zero-order valence-corrected chi connectivity index (χ0v) is 12.6. The zero-order valence-electron chi connectivity index (χ0n) is 11.0. The molecule has 0 aliphatic rings. The summed E-state index contributed by atoms with van der Waals surface area (Å²) in [6, 6.07) is 10.3. The molecule has 3 heteroatoms. The van der Waals surface area contributed by atoms with Crippen LogP contribution in [-0.2, 0) is 6.42 Å². The summed E-state index contributed by atoms with van der Waals surface area (Å²) in [5, 5.41) is 0. The predicted molar refractivity (Wildman–Crippen MR) is 80.5 cm³/mol. The van der Waals surface area contributed by atoms with Crippen LogP contribution in [0.15, 0.2) is 40.9 Å². The van der Waals surface area contributed by atoms with Gasteiger partial charge in [-0.3, -0.25) is 0 Å². The Morgan fingerprint density at radius 3 is 2.05 bits per heavy atom. The van der Waals surface area contributed by atoms with E-state index >= 15 is 0 Å². The van der Waals surface area contributed by atoms with Crippen molar-refractivity contribution < 1.29 is 8.78 Å². The summed E-state index contributed by atoms with van der Waals surface area (Å²) >= 11 is 2.83. The van der Waals surface area contributed by atoms with Gasteiger partial charge in [0.1, 0.15) is 11.6 Å². The van der Waals surface area contributed by atoms with E-state index in [4.69, 9.17) is 0 Å². The first-order chi connectivity index (χ1) is 9.60. The number of benzene rings is 2. The van der Waals surface area contributed by atoms with Gasteiger partial charge in [0.2, 0.25) is 0 Å². The van der Waals surface area contributed by atoms with Crippen LogP contribution in [0.5, 0.6) is 0 Å². The first-order valence-corrected chi connectivity index (χ1v) is 7.15. The summed E-state index contributed by atoms with van der Waals surface area (Å²) in [7, 11) is 0. The molecule has 0 saturated carbocycles. The second-order valence-corrected chi connectivity index (χ2v) is 5.24. The second-order valence-electron chi connectivity index (χ2n) is 4.45. The highest BCUT2D eigenvalue weighted by atomic mass is 79.9. The van der Waals surface area contributed by atoms with Gasteiger partial charge < -0.3 is 0 Å². The van der Waals surface area contributed by atoms with Gasteiger partial charge in [0.05, 0.1) is 4.47 Å². The first kappa shape index (κ1) is 14.7. The lowest BCUT2D eigenvalue weighted by Crippen LogP contribution is -1.87. The highest BCUT2D eigenvalue weighted by molar-refractivity contribution is 9.10. The molecule has 0 amide bonds. The maximum absolute atomic E-state index is 13.3. The van der Waals surface area contributed by atoms with Crippen molar-refractivity contribution in [3.8, 4) is 11.8 Å². The summed E-state index contributed by atoms with van der Waals surface area (Å²) in [6.45, 7) is 2.13. The van der Waals surface area contributed by atoms with Crippen molar-refractivity contribution in [3.05, 3.63) is 69.2 Å². The van der Waals surface area contributed by atoms with Gasteiger partial charge in [-0.25, -0.2) is 8.78 Å². The van der Waals surface area contributed by atoms with Gasteiger partial charge in [-0.2, -0.15) is 0 Å². The molecule has 102 valence electrons. The molecule has 20 heavy (non-hydrogen) atoms. The van der Waals surface area contributed by atoms with Gasteiger partial charge in [-0.05, 0) is 52.2 Å². The summed E-state index contributed by atoms with van der Waals surface area (Å²) in [5.41, 5.74) is 2.41. The molecule has 2 aromatic carbocycles. The standard InChI is InChI=1S/C17H13BrF2/c1-2-3-12-4-6-13(7-5-12)8-9-14-10-15(19)17(18)16(20)11-14/h4-7,10-11H,2-3H2,1H3. The monoisotopic (exact) mass is 334 g/mol. The molecule has 0 radical (unpaired) electrons. The normalized spacial score (nSPS) is 10.0. The molecule has 0 saturated heterocycles. The third kappa shape index (κ3) is 3.68. The Morgan fingerprint density at radius 2 is 1.50 bits per heavy atom. The third-order valence-electron chi connectivity index (χ3n) is 2.83. The lowest BCUT2D eigenvalue weighted by atomic mass is 10.1. The van der Waals surface area contributed by atoms with E-state index in [1.165, 1.54) is 17.7 Å². The van der Waals surface area contributed by atoms with E-state index < -0.39 is 11.6 Å². The van der Waals surface area contributed by atoms with Crippen LogP contribution in [0.4, 0.5) is 8.78 Å². The van der Waals surface area contributed by atoms with Crippen molar-refractivity contribution in [2.24, 2.45) is 0 Å². The van der Waals surface area contributed by atoms with Crippen molar-refractivity contribution in [2.75, 3.05) is 0 Å². The summed E-state index contributed by atoms with van der Waals surface area (Å²) in [6.07, 6.45) is 2.14. The fourth-order valence-electron chi connectivity index (χ4n) is 1.82. The number of halogens is 3. The van der Waals surface area contributed by atoms with Gasteiger partial charge in [-0.15, -0.1) is 0 Å². The Balaban J connectivity index is 2.22. The first-order valence-electron chi connectivity index (χ1n) is 6.35. The molecule has 0 atom stereocenters. The Labute approximate surface area is 126 Å². The summed E-state index contributed by atoms with van der Waals surface area (Å²) in [4.78, 5) is 0. The molecule has 0 fully saturated rings. The average molecular weight is 335 g/mol. The van der Waals surface area contributed by atoms with Gasteiger partial charge in [0, 0.05) is 11.1 Å². The molecule has 0 nitrogen and oxygen atoms in total. The van der Waals surface area contributed by atoms with Crippen molar-refractivity contribution in [3.63, 3.8) is 0 Å². The van der Waals surface area contributed by atoms with E-state index in [9.17, 15) is 8.78 Å². The number of aryl methyl sites for hydroxylation is 1. The molecule has 2 aromatic rings. The quantitative estimate of drug-likeness (QED) is 0.530. The summed E-state index contributed by atoms with van der Waals surface area (Å²) < 4.78 is 26.5. The fourth-order valence-corrected chi connectivity index (χ4v) is 2.04. The van der Waals surface area contributed by atoms with E-state index in [2.05, 4.69) is 34.7 Å². The fraction of sp³-hybridized carbons (Fsp3) is 0.176. The molecule has 0 unspecified atom stereocenters. The van der Waals surface area contributed by atoms with Crippen molar-refractivity contribution in [2.45, 2.75) is 19.8 Å². The van der Waals surface area contributed by atoms with Crippen LogP contribution in [0.2, 0.25) is 0 Å². The van der Waals surface area contributed by atoms with Gasteiger partial charge in [-0.1, -0.05) is 37.3 Å². The largest absolute Gasteiger partial charge is 0.206 e. The van der Waals surface area contributed by atoms with Crippen molar-refractivity contribution in [1.29, 1.82) is 0 Å². The van der Waals surface area contributed by atoms with Crippen LogP contribution in [0.3, 0.4) is 0 Å². The number of rotatable bonds is 2. The van der Waals surface area contributed by atoms with Crippen LogP contribution in [0.25, 0.3) is 0 Å². The molecule has 0 heterocycles. The molecular formula is C17H13BrF2. The smallest absolute Gasteiger partial charge is 0.141 e. The third-order valence-corrected chi connectivity index (χ3v) is 3.59. The van der Waals surface area contributed by atoms with Gasteiger partial charge in [0.25, 0.3) is 0 Å². The van der Waals surface area contributed by atoms with E-state index in [1.807, 2.05) is 24.3 Å². The van der Waals surface area contributed by atoms with Crippen molar-refractivity contribution in [1.82, 2.24) is 0 Å². The number of hydrogen-bond donors (Lipinski definition) is 0. The lowest BCUT2D eigenvalue weighted by molar-refractivity contribution is 0.571. The minimum absolute atomic E-state index is 0.160. The maximum Gasteiger partial charge on any atom is 0.141 e. The van der Waals surface area contributed by atoms with E-state index in [-0.39, 0.29) is 4.47 Å². The van der Waals surface area contributed by atoms with Crippen LogP contribution >= 0.6 is 15.9 Å². The molecule has 0 N–H and O–H groups in total. The Kier molecular flexibility index (Phi) is 4.92. The minimum Gasteiger partial charge on any atom is -0.206 e. The molecule has 0 spiro atoms. The SMILES string of the molecule is CCCc1ccc(C#Cc2cc(F)c(Br)c(F)c2)cc1. The van der Waals surface area contributed by atoms with E-state index in [1.54, 1.807) is 0 Å². The van der Waals surface area contributed by atoms with Crippen LogP contribution in [-0.4, -0.2) is 0 Å². The Hall–Kier alpha value is -1.66. The maximum atomic E-state index is 13.3. The number of hydrogen-bond acceptors (Lipinski definition) is 0. The summed E-state index contributed by atoms with van der Waals surface area (Å²) in [5.74, 6) is 4.38. The second kappa shape index (κ2) is 6.67. The highest BCUT2D eigenvalue weighted by Crippen LogP contribution is 2.20. The molecule has 2 rings (SSSR count). The minimum atomic E-state index is -0.646. The Bertz CT molecular complexity index is 641. The van der Waals surface area contributed by atoms with Crippen LogP contribution < -0.4 is 0 Å². The average Bonchev–Trinajstić information content (AvgIpc) is 2.44. The van der Waals surface area contributed by atoms with Crippen LogP contribution in [0.1, 0.15) is 30.0 Å². The van der Waals surface area contributed by atoms with E-state index in [0.717, 1.165) is 18.4 Å². The topological polar surface area (TPSA) is 0 Å². The van der Waals surface area contributed by atoms with Gasteiger partial charge >= 0.3 is 0 Å². The molecular weight excluding hydrogens is 322 g/mol. The Morgan fingerprint density at radius 1 is 0.950 bits per heavy atom. The van der Waals surface area contributed by atoms with E-state index in [0.29, 0.717) is 5.56 Å². The van der Waals surface area contributed by atoms with Crippen molar-refractivity contribution >= 4 is 15.9 Å². The van der Waals surface area contributed by atoms with Crippen LogP contribution in [0, 0.1) is 23.5 Å². The predicted octanol–water partition coefficient (Wildman–Crippen LogP) is 5.08. The lowest BCUT2D eigenvalue weighted by Gasteiger charge is -1.98. The molecule has 0 aromatic heterocycles. The van der Waals surface area contributed by atoms with Gasteiger partial charge in [0.15, 0.2) is 0 Å².